The first kappa shape index (κ1) is 17.7. The van der Waals surface area contributed by atoms with Gasteiger partial charge < -0.3 is 14.2 Å². The lowest BCUT2D eigenvalue weighted by Crippen LogP contribution is -2.48. The van der Waals surface area contributed by atoms with Crippen molar-refractivity contribution >= 4 is 15.8 Å². The number of sulfone groups is 1. The van der Waals surface area contributed by atoms with Gasteiger partial charge in [-0.15, -0.1) is 0 Å². The van der Waals surface area contributed by atoms with Crippen molar-refractivity contribution in [2.24, 2.45) is 11.8 Å². The maximum absolute atomic E-state index is 13.6. The van der Waals surface area contributed by atoms with Crippen LogP contribution in [-0.4, -0.2) is 45.2 Å². The zero-order valence-corrected chi connectivity index (χ0v) is 15.4. The number of fused-ring (bicyclic) bond motifs is 1. The molecule has 0 aromatic heterocycles. The molecular formula is C19H22O6S. The van der Waals surface area contributed by atoms with Crippen molar-refractivity contribution in [2.45, 2.75) is 34.7 Å². The molecule has 1 saturated carbocycles. The summed E-state index contributed by atoms with van der Waals surface area (Å²) in [7, 11) is -2.35. The quantitative estimate of drug-likeness (QED) is 0.592. The summed E-state index contributed by atoms with van der Waals surface area (Å²) in [6.45, 7) is 0.964. The van der Waals surface area contributed by atoms with E-state index in [4.69, 9.17) is 14.2 Å². The van der Waals surface area contributed by atoms with Crippen molar-refractivity contribution in [3.05, 3.63) is 42.5 Å². The second kappa shape index (κ2) is 6.18. The van der Waals surface area contributed by atoms with E-state index in [1.165, 1.54) is 7.11 Å². The molecule has 0 bridgehead atoms. The monoisotopic (exact) mass is 378 g/mol. The van der Waals surface area contributed by atoms with Gasteiger partial charge in [0.2, 0.25) is 0 Å². The van der Waals surface area contributed by atoms with Crippen LogP contribution in [0.5, 0.6) is 0 Å². The van der Waals surface area contributed by atoms with Crippen LogP contribution in [-0.2, 0) is 28.8 Å². The van der Waals surface area contributed by atoms with E-state index in [0.717, 1.165) is 0 Å². The Morgan fingerprint density at radius 2 is 1.81 bits per heavy atom. The lowest BCUT2D eigenvalue weighted by Gasteiger charge is -2.40. The van der Waals surface area contributed by atoms with Crippen LogP contribution in [0.1, 0.15) is 19.3 Å². The molecule has 3 aliphatic rings. The van der Waals surface area contributed by atoms with Gasteiger partial charge in [0.1, 0.15) is 0 Å². The summed E-state index contributed by atoms with van der Waals surface area (Å²) < 4.78 is 42.4. The maximum Gasteiger partial charge on any atom is 0.308 e. The third-order valence-corrected chi connectivity index (χ3v) is 8.37. The van der Waals surface area contributed by atoms with Crippen LogP contribution < -0.4 is 0 Å². The van der Waals surface area contributed by atoms with Gasteiger partial charge in [-0.05, 0) is 37.0 Å². The van der Waals surface area contributed by atoms with Crippen LogP contribution in [0.4, 0.5) is 0 Å². The molecule has 0 amide bonds. The second-order valence-corrected chi connectivity index (χ2v) is 9.41. The normalized spacial score (nSPS) is 32.5. The van der Waals surface area contributed by atoms with Crippen LogP contribution in [0.15, 0.2) is 47.4 Å². The Morgan fingerprint density at radius 1 is 1.12 bits per heavy atom. The molecule has 7 heteroatoms. The highest BCUT2D eigenvalue weighted by atomic mass is 32.2. The van der Waals surface area contributed by atoms with Crippen LogP contribution in [0.3, 0.4) is 0 Å². The molecule has 3 atom stereocenters. The third kappa shape index (κ3) is 2.52. The molecule has 0 radical (unpaired) electrons. The smallest absolute Gasteiger partial charge is 0.308 e. The largest absolute Gasteiger partial charge is 0.469 e. The summed E-state index contributed by atoms with van der Waals surface area (Å²) >= 11 is 0. The average molecular weight is 378 g/mol. The zero-order chi connectivity index (χ0) is 18.4. The standard InChI is InChI=1S/C19H22O6S/c1-23-17(20)14-11-15-13-19(24-9-10-25-19)8-7-18(15,12-14)26(21,22)16-5-3-2-4-6-16/h2-8,14-15H,9-13H2,1H3/t14-,15+,18-/m1/s1. The lowest BCUT2D eigenvalue weighted by atomic mass is 9.83. The highest BCUT2D eigenvalue weighted by Crippen LogP contribution is 2.55. The van der Waals surface area contributed by atoms with Crippen molar-refractivity contribution in [3.8, 4) is 0 Å². The molecule has 4 rings (SSSR count). The molecule has 140 valence electrons. The molecule has 6 nitrogen and oxygen atoms in total. The minimum atomic E-state index is -3.69. The number of carbonyl (C=O) groups is 1. The van der Waals surface area contributed by atoms with Crippen molar-refractivity contribution in [1.29, 1.82) is 0 Å². The van der Waals surface area contributed by atoms with Gasteiger partial charge in [-0.1, -0.05) is 24.3 Å². The average Bonchev–Trinajstić information content (AvgIpc) is 3.27. The highest BCUT2D eigenvalue weighted by molar-refractivity contribution is 7.93. The Labute approximate surface area is 153 Å². The zero-order valence-electron chi connectivity index (χ0n) is 14.6. The Balaban J connectivity index is 1.80. The highest BCUT2D eigenvalue weighted by Gasteiger charge is 2.61. The molecule has 0 unspecified atom stereocenters. The van der Waals surface area contributed by atoms with Gasteiger partial charge in [0.15, 0.2) is 15.6 Å². The Morgan fingerprint density at radius 3 is 2.46 bits per heavy atom. The van der Waals surface area contributed by atoms with Gasteiger partial charge in [0.05, 0.1) is 35.9 Å². The van der Waals surface area contributed by atoms with Gasteiger partial charge in [-0.25, -0.2) is 8.42 Å². The molecular weight excluding hydrogens is 356 g/mol. The lowest BCUT2D eigenvalue weighted by molar-refractivity contribution is -0.146. The maximum atomic E-state index is 13.6. The van der Waals surface area contributed by atoms with Gasteiger partial charge in [-0.3, -0.25) is 4.79 Å². The summed E-state index contributed by atoms with van der Waals surface area (Å²) in [5.41, 5.74) is 0. The van der Waals surface area contributed by atoms with Gasteiger partial charge in [-0.2, -0.15) is 0 Å². The number of ether oxygens (including phenoxy) is 3. The second-order valence-electron chi connectivity index (χ2n) is 7.17. The minimum absolute atomic E-state index is 0.216. The molecule has 1 saturated heterocycles. The van der Waals surface area contributed by atoms with E-state index in [-0.39, 0.29) is 23.2 Å². The van der Waals surface area contributed by atoms with Gasteiger partial charge >= 0.3 is 5.97 Å². The fourth-order valence-corrected chi connectivity index (χ4v) is 6.83. The summed E-state index contributed by atoms with van der Waals surface area (Å²) in [4.78, 5) is 12.4. The van der Waals surface area contributed by atoms with Crippen molar-refractivity contribution < 1.29 is 27.4 Å². The predicted molar refractivity (Wildman–Crippen MR) is 93.0 cm³/mol. The van der Waals surface area contributed by atoms with Crippen molar-refractivity contribution in [2.75, 3.05) is 20.3 Å². The molecule has 0 N–H and O–H groups in total. The fourth-order valence-electron chi connectivity index (χ4n) is 4.59. The van der Waals surface area contributed by atoms with E-state index in [1.54, 1.807) is 42.5 Å². The van der Waals surface area contributed by atoms with Crippen LogP contribution in [0.25, 0.3) is 0 Å². The van der Waals surface area contributed by atoms with E-state index in [2.05, 4.69) is 0 Å². The summed E-state index contributed by atoms with van der Waals surface area (Å²) in [5.74, 6) is -1.96. The van der Waals surface area contributed by atoms with Gasteiger partial charge in [0, 0.05) is 6.42 Å². The molecule has 2 aliphatic carbocycles. The SMILES string of the molecule is COC(=O)[C@@H]1C[C@H]2CC3(C=C[C@@]2(S(=O)(=O)c2ccccc2)C1)OCCO3. The molecule has 1 aromatic rings. The van der Waals surface area contributed by atoms with E-state index >= 15 is 0 Å². The first-order valence-electron chi connectivity index (χ1n) is 8.78. The predicted octanol–water partition coefficient (Wildman–Crippen LogP) is 2.10. The minimum Gasteiger partial charge on any atom is -0.469 e. The molecule has 1 aliphatic heterocycles. The van der Waals surface area contributed by atoms with Crippen molar-refractivity contribution in [3.63, 3.8) is 0 Å². The number of esters is 1. The Kier molecular flexibility index (Phi) is 4.21. The van der Waals surface area contributed by atoms with Gasteiger partial charge in [0.25, 0.3) is 0 Å². The summed E-state index contributed by atoms with van der Waals surface area (Å²) in [6.07, 6.45) is 4.52. The molecule has 1 spiro atoms. The number of hydrogen-bond donors (Lipinski definition) is 0. The first-order valence-corrected chi connectivity index (χ1v) is 10.3. The van der Waals surface area contributed by atoms with E-state index in [9.17, 15) is 13.2 Å². The Bertz CT molecular complexity index is 825. The number of benzene rings is 1. The first-order chi connectivity index (χ1) is 12.4. The molecule has 1 heterocycles. The number of hydrogen-bond acceptors (Lipinski definition) is 6. The van der Waals surface area contributed by atoms with Crippen LogP contribution in [0, 0.1) is 11.8 Å². The molecule has 2 fully saturated rings. The van der Waals surface area contributed by atoms with Crippen LogP contribution in [0.2, 0.25) is 0 Å². The number of methoxy groups -OCH3 is 1. The van der Waals surface area contributed by atoms with Crippen molar-refractivity contribution in [1.82, 2.24) is 0 Å². The Hall–Kier alpha value is -1.70. The summed E-state index contributed by atoms with van der Waals surface area (Å²) in [5, 5.41) is 0. The van der Waals surface area contributed by atoms with Crippen LogP contribution >= 0.6 is 0 Å². The number of rotatable bonds is 3. The summed E-state index contributed by atoms with van der Waals surface area (Å²) in [6, 6.07) is 8.41. The third-order valence-electron chi connectivity index (χ3n) is 5.84. The van der Waals surface area contributed by atoms with E-state index in [1.807, 2.05) is 0 Å². The molecule has 1 aromatic carbocycles. The van der Waals surface area contributed by atoms with E-state index in [0.29, 0.717) is 26.1 Å². The van der Waals surface area contributed by atoms with E-state index < -0.39 is 26.3 Å². The topological polar surface area (TPSA) is 78.9 Å². The molecule has 26 heavy (non-hydrogen) atoms. The fraction of sp³-hybridized carbons (Fsp3) is 0.526. The number of carbonyl (C=O) groups excluding carboxylic acids is 1.